The molecule has 2 heterocycles. The molecule has 0 fully saturated rings. The zero-order chi connectivity index (χ0) is 13.8. The Labute approximate surface area is 111 Å². The van der Waals surface area contributed by atoms with Crippen LogP contribution < -0.4 is 11.1 Å². The highest BCUT2D eigenvalue weighted by Crippen LogP contribution is 2.10. The largest absolute Gasteiger partial charge is 0.397 e. The number of nitrogens with one attached hydrogen (secondary N) is 1. The Morgan fingerprint density at radius 1 is 1.37 bits per heavy atom. The van der Waals surface area contributed by atoms with E-state index in [9.17, 15) is 4.79 Å². The summed E-state index contributed by atoms with van der Waals surface area (Å²) >= 11 is 0. The van der Waals surface area contributed by atoms with Gasteiger partial charge >= 0.3 is 0 Å². The molecular weight excluding hydrogens is 240 g/mol. The van der Waals surface area contributed by atoms with E-state index < -0.39 is 0 Å². The van der Waals surface area contributed by atoms with Crippen molar-refractivity contribution in [2.75, 3.05) is 5.73 Å². The molecule has 0 aliphatic carbocycles. The van der Waals surface area contributed by atoms with Crippen molar-refractivity contribution in [3.63, 3.8) is 0 Å². The lowest BCUT2D eigenvalue weighted by molar-refractivity contribution is 0.0949. The van der Waals surface area contributed by atoms with Crippen LogP contribution in [-0.2, 0) is 6.54 Å². The van der Waals surface area contributed by atoms with Crippen LogP contribution in [0.4, 0.5) is 5.69 Å². The van der Waals surface area contributed by atoms with Gasteiger partial charge in [0, 0.05) is 6.20 Å². The number of hydrogen-bond acceptors (Lipinski definition) is 4. The Morgan fingerprint density at radius 3 is 2.89 bits per heavy atom. The van der Waals surface area contributed by atoms with Crippen LogP contribution in [0, 0.1) is 13.8 Å². The molecule has 0 atom stereocenters. The van der Waals surface area contributed by atoms with Gasteiger partial charge < -0.3 is 11.1 Å². The van der Waals surface area contributed by atoms with E-state index in [2.05, 4.69) is 15.3 Å². The Bertz CT molecular complexity index is 610. The van der Waals surface area contributed by atoms with Gasteiger partial charge in [0.25, 0.3) is 5.91 Å². The van der Waals surface area contributed by atoms with Gasteiger partial charge in [-0.05, 0) is 31.5 Å². The molecule has 0 unspecified atom stereocenters. The van der Waals surface area contributed by atoms with Crippen molar-refractivity contribution >= 4 is 11.6 Å². The minimum atomic E-state index is -0.192. The van der Waals surface area contributed by atoms with Crippen molar-refractivity contribution in [3.8, 4) is 0 Å². The van der Waals surface area contributed by atoms with Crippen LogP contribution in [0.15, 0.2) is 30.6 Å². The maximum atomic E-state index is 12.1. The van der Waals surface area contributed by atoms with Crippen molar-refractivity contribution in [2.24, 2.45) is 0 Å². The third kappa shape index (κ3) is 3.07. The minimum Gasteiger partial charge on any atom is -0.397 e. The molecule has 0 bridgehead atoms. The molecule has 0 saturated heterocycles. The van der Waals surface area contributed by atoms with Crippen molar-refractivity contribution in [2.45, 2.75) is 20.4 Å². The lowest BCUT2D eigenvalue weighted by atomic mass is 10.1. The summed E-state index contributed by atoms with van der Waals surface area (Å²) in [6, 6.07) is 5.46. The SMILES string of the molecule is Cc1cccnc1CNC(=O)c1cc(N)cnc1C. The van der Waals surface area contributed by atoms with Crippen molar-refractivity contribution < 1.29 is 4.79 Å². The summed E-state index contributed by atoms with van der Waals surface area (Å²) in [6.07, 6.45) is 3.25. The molecule has 2 aromatic rings. The molecule has 0 aliphatic heterocycles. The second-order valence-electron chi connectivity index (χ2n) is 4.35. The molecule has 0 spiro atoms. The predicted molar refractivity (Wildman–Crippen MR) is 73.5 cm³/mol. The number of carbonyl (C=O) groups is 1. The number of amides is 1. The van der Waals surface area contributed by atoms with Gasteiger partial charge in [0.05, 0.1) is 35.4 Å². The van der Waals surface area contributed by atoms with E-state index in [0.717, 1.165) is 11.3 Å². The highest BCUT2D eigenvalue weighted by atomic mass is 16.1. The Kier molecular flexibility index (Phi) is 3.75. The Morgan fingerprint density at radius 2 is 2.16 bits per heavy atom. The standard InChI is InChI=1S/C14H16N4O/c1-9-4-3-5-16-13(9)8-18-14(19)12-6-11(15)7-17-10(12)2/h3-7H,8,15H2,1-2H3,(H,18,19). The van der Waals surface area contributed by atoms with Crippen LogP contribution in [0.2, 0.25) is 0 Å². The maximum absolute atomic E-state index is 12.1. The first-order valence-corrected chi connectivity index (χ1v) is 5.98. The second kappa shape index (κ2) is 5.48. The smallest absolute Gasteiger partial charge is 0.253 e. The van der Waals surface area contributed by atoms with Crippen LogP contribution in [0.25, 0.3) is 0 Å². The zero-order valence-corrected chi connectivity index (χ0v) is 11.0. The number of aryl methyl sites for hydroxylation is 2. The van der Waals surface area contributed by atoms with E-state index in [1.54, 1.807) is 19.2 Å². The van der Waals surface area contributed by atoms with Crippen LogP contribution in [0.5, 0.6) is 0 Å². The number of hydrogen-bond donors (Lipinski definition) is 2. The molecule has 2 rings (SSSR count). The highest BCUT2D eigenvalue weighted by Gasteiger charge is 2.10. The maximum Gasteiger partial charge on any atom is 0.253 e. The van der Waals surface area contributed by atoms with E-state index in [1.165, 1.54) is 6.20 Å². The molecule has 0 aliphatic rings. The first-order valence-electron chi connectivity index (χ1n) is 5.98. The van der Waals surface area contributed by atoms with Gasteiger partial charge in [-0.15, -0.1) is 0 Å². The van der Waals surface area contributed by atoms with Gasteiger partial charge in [-0.25, -0.2) is 0 Å². The highest BCUT2D eigenvalue weighted by molar-refractivity contribution is 5.95. The average Bonchev–Trinajstić information content (AvgIpc) is 2.40. The van der Waals surface area contributed by atoms with Crippen LogP contribution >= 0.6 is 0 Å². The molecule has 2 aromatic heterocycles. The van der Waals surface area contributed by atoms with Crippen molar-refractivity contribution in [1.82, 2.24) is 15.3 Å². The molecule has 98 valence electrons. The van der Waals surface area contributed by atoms with Gasteiger partial charge in [-0.1, -0.05) is 6.07 Å². The fourth-order valence-corrected chi connectivity index (χ4v) is 1.74. The minimum absolute atomic E-state index is 0.192. The first-order chi connectivity index (χ1) is 9.08. The van der Waals surface area contributed by atoms with Crippen LogP contribution in [0.1, 0.15) is 27.3 Å². The Balaban J connectivity index is 2.10. The molecule has 0 radical (unpaired) electrons. The first kappa shape index (κ1) is 13.0. The zero-order valence-electron chi connectivity index (χ0n) is 11.0. The quantitative estimate of drug-likeness (QED) is 0.874. The predicted octanol–water partition coefficient (Wildman–Crippen LogP) is 1.61. The second-order valence-corrected chi connectivity index (χ2v) is 4.35. The molecular formula is C14H16N4O. The summed E-state index contributed by atoms with van der Waals surface area (Å²) in [4.78, 5) is 20.4. The van der Waals surface area contributed by atoms with Gasteiger partial charge in [0.15, 0.2) is 0 Å². The summed E-state index contributed by atoms with van der Waals surface area (Å²) in [5, 5.41) is 2.83. The van der Waals surface area contributed by atoms with E-state index in [1.807, 2.05) is 19.1 Å². The third-order valence-electron chi connectivity index (χ3n) is 2.89. The van der Waals surface area contributed by atoms with Gasteiger partial charge in [-0.2, -0.15) is 0 Å². The number of carbonyl (C=O) groups excluding carboxylic acids is 1. The molecule has 1 amide bonds. The Hall–Kier alpha value is -2.43. The van der Waals surface area contributed by atoms with Crippen molar-refractivity contribution in [3.05, 3.63) is 53.1 Å². The molecule has 3 N–H and O–H groups in total. The third-order valence-corrected chi connectivity index (χ3v) is 2.89. The van der Waals surface area contributed by atoms with Crippen LogP contribution in [0.3, 0.4) is 0 Å². The normalized spacial score (nSPS) is 10.2. The summed E-state index contributed by atoms with van der Waals surface area (Å²) in [7, 11) is 0. The summed E-state index contributed by atoms with van der Waals surface area (Å²) in [5.74, 6) is -0.192. The summed E-state index contributed by atoms with van der Waals surface area (Å²) in [5.41, 5.74) is 9.17. The number of aromatic nitrogens is 2. The van der Waals surface area contributed by atoms with Gasteiger partial charge in [-0.3, -0.25) is 14.8 Å². The lowest BCUT2D eigenvalue weighted by Crippen LogP contribution is -2.25. The van der Waals surface area contributed by atoms with E-state index in [0.29, 0.717) is 23.5 Å². The monoisotopic (exact) mass is 256 g/mol. The molecule has 0 saturated carbocycles. The average molecular weight is 256 g/mol. The number of nitrogens with zero attached hydrogens (tertiary/aromatic N) is 2. The summed E-state index contributed by atoms with van der Waals surface area (Å²) < 4.78 is 0. The number of anilines is 1. The molecule has 5 heteroatoms. The van der Waals surface area contributed by atoms with Gasteiger partial charge in [0.2, 0.25) is 0 Å². The fourth-order valence-electron chi connectivity index (χ4n) is 1.74. The molecule has 19 heavy (non-hydrogen) atoms. The topological polar surface area (TPSA) is 80.9 Å². The number of pyridine rings is 2. The van der Waals surface area contributed by atoms with E-state index >= 15 is 0 Å². The molecule has 0 aromatic carbocycles. The number of nitrogens with two attached hydrogens (primary N) is 1. The summed E-state index contributed by atoms with van der Waals surface area (Å²) in [6.45, 7) is 4.13. The fraction of sp³-hybridized carbons (Fsp3) is 0.214. The van der Waals surface area contributed by atoms with Crippen LogP contribution in [-0.4, -0.2) is 15.9 Å². The van der Waals surface area contributed by atoms with Crippen molar-refractivity contribution in [1.29, 1.82) is 0 Å². The number of nitrogen functional groups attached to an aromatic ring is 1. The van der Waals surface area contributed by atoms with E-state index in [4.69, 9.17) is 5.73 Å². The molecule has 5 nitrogen and oxygen atoms in total. The lowest BCUT2D eigenvalue weighted by Gasteiger charge is -2.09. The van der Waals surface area contributed by atoms with Gasteiger partial charge in [0.1, 0.15) is 0 Å². The number of rotatable bonds is 3. The van der Waals surface area contributed by atoms with E-state index in [-0.39, 0.29) is 5.91 Å².